The fraction of sp³-hybridized carbons (Fsp3) is 0.176. The molecule has 7 nitrogen and oxygen atoms in total. The van der Waals surface area contributed by atoms with Gasteiger partial charge in [0, 0.05) is 24.7 Å². The fourth-order valence-electron chi connectivity index (χ4n) is 2.49. The van der Waals surface area contributed by atoms with Gasteiger partial charge in [0.15, 0.2) is 0 Å². The molecule has 0 aromatic heterocycles. The minimum Gasteiger partial charge on any atom is -0.379 e. The summed E-state index contributed by atoms with van der Waals surface area (Å²) in [6.45, 7) is 1.37. The summed E-state index contributed by atoms with van der Waals surface area (Å²) in [5.74, 6) is -0.123. The Morgan fingerprint density at radius 1 is 1.12 bits per heavy atom. The lowest BCUT2D eigenvalue weighted by Crippen LogP contribution is -2.19. The van der Waals surface area contributed by atoms with Crippen LogP contribution < -0.4 is 14.8 Å². The van der Waals surface area contributed by atoms with Gasteiger partial charge in [-0.25, -0.2) is 0 Å². The summed E-state index contributed by atoms with van der Waals surface area (Å²) in [6.07, 6.45) is 0.887. The second-order valence-corrected chi connectivity index (χ2v) is 7.16. The molecule has 0 radical (unpaired) electrons. The molecule has 0 fully saturated rings. The number of nitrogens with one attached hydrogen (secondary N) is 2. The van der Waals surface area contributed by atoms with Crippen LogP contribution in [0.15, 0.2) is 47.4 Å². The second kappa shape index (κ2) is 6.56. The van der Waals surface area contributed by atoms with E-state index in [-0.39, 0.29) is 22.5 Å². The number of hydrogen-bond donors (Lipinski definition) is 2. The van der Waals surface area contributed by atoms with Crippen LogP contribution in [0.5, 0.6) is 5.75 Å². The van der Waals surface area contributed by atoms with Crippen LogP contribution in [-0.4, -0.2) is 20.2 Å². The Bertz CT molecular complexity index is 936. The summed E-state index contributed by atoms with van der Waals surface area (Å²) >= 11 is 0. The first-order valence-electron chi connectivity index (χ1n) is 7.58. The summed E-state index contributed by atoms with van der Waals surface area (Å²) in [5.41, 5.74) is 1.99. The highest BCUT2D eigenvalue weighted by atomic mass is 32.2. The summed E-state index contributed by atoms with van der Waals surface area (Å²) in [4.78, 5) is 22.3. The summed E-state index contributed by atoms with van der Waals surface area (Å²) < 4.78 is 29.9. The molecule has 0 bridgehead atoms. The van der Waals surface area contributed by atoms with Gasteiger partial charge in [0.05, 0.1) is 0 Å². The summed E-state index contributed by atoms with van der Waals surface area (Å²) in [7, 11) is -4.00. The van der Waals surface area contributed by atoms with E-state index in [2.05, 4.69) is 10.6 Å². The molecule has 3 rings (SSSR count). The predicted octanol–water partition coefficient (Wildman–Crippen LogP) is 2.30. The topological polar surface area (TPSA) is 102 Å². The van der Waals surface area contributed by atoms with Gasteiger partial charge >= 0.3 is 10.1 Å². The lowest BCUT2D eigenvalue weighted by atomic mass is 10.0. The molecular formula is C17H16N2O5S. The zero-order valence-corrected chi connectivity index (χ0v) is 14.2. The highest BCUT2D eigenvalue weighted by Crippen LogP contribution is 2.28. The lowest BCUT2D eigenvalue weighted by Gasteiger charge is -2.17. The van der Waals surface area contributed by atoms with Crippen molar-refractivity contribution in [3.05, 3.63) is 48.0 Å². The predicted molar refractivity (Wildman–Crippen MR) is 92.0 cm³/mol. The van der Waals surface area contributed by atoms with E-state index in [0.29, 0.717) is 24.2 Å². The molecular weight excluding hydrogens is 344 g/mol. The third-order valence-electron chi connectivity index (χ3n) is 3.64. The molecule has 8 heteroatoms. The summed E-state index contributed by atoms with van der Waals surface area (Å²) in [5, 5.41) is 5.29. The van der Waals surface area contributed by atoms with E-state index in [0.717, 1.165) is 5.56 Å². The van der Waals surface area contributed by atoms with Gasteiger partial charge < -0.3 is 14.8 Å². The number of carbonyl (C=O) groups excluding carboxylic acids is 2. The molecule has 1 aliphatic rings. The van der Waals surface area contributed by atoms with Crippen LogP contribution in [0.2, 0.25) is 0 Å². The number of carbonyl (C=O) groups is 2. The van der Waals surface area contributed by atoms with Crippen molar-refractivity contribution in [2.45, 2.75) is 24.7 Å². The molecule has 25 heavy (non-hydrogen) atoms. The maximum absolute atomic E-state index is 12.4. The highest BCUT2D eigenvalue weighted by molar-refractivity contribution is 7.87. The Morgan fingerprint density at radius 3 is 2.52 bits per heavy atom. The number of fused-ring (bicyclic) bond motifs is 1. The minimum atomic E-state index is -4.00. The first kappa shape index (κ1) is 17.0. The fourth-order valence-corrected chi connectivity index (χ4v) is 3.42. The van der Waals surface area contributed by atoms with Crippen LogP contribution in [0.3, 0.4) is 0 Å². The first-order valence-corrected chi connectivity index (χ1v) is 8.99. The van der Waals surface area contributed by atoms with Gasteiger partial charge in [-0.05, 0) is 54.4 Å². The smallest absolute Gasteiger partial charge is 0.339 e. The Labute approximate surface area is 145 Å². The van der Waals surface area contributed by atoms with Gasteiger partial charge in [-0.2, -0.15) is 8.42 Å². The van der Waals surface area contributed by atoms with Gasteiger partial charge in [0.1, 0.15) is 10.6 Å². The minimum absolute atomic E-state index is 0.0207. The van der Waals surface area contributed by atoms with Crippen LogP contribution in [-0.2, 0) is 26.1 Å². The van der Waals surface area contributed by atoms with Crippen LogP contribution >= 0.6 is 0 Å². The van der Waals surface area contributed by atoms with Crippen LogP contribution in [0.1, 0.15) is 18.9 Å². The Hall–Kier alpha value is -2.87. The van der Waals surface area contributed by atoms with Crippen LogP contribution in [0.25, 0.3) is 0 Å². The zero-order valence-electron chi connectivity index (χ0n) is 13.4. The molecule has 1 heterocycles. The van der Waals surface area contributed by atoms with Crippen molar-refractivity contribution in [1.29, 1.82) is 0 Å². The molecule has 130 valence electrons. The average molecular weight is 360 g/mol. The monoisotopic (exact) mass is 360 g/mol. The molecule has 0 saturated carbocycles. The number of benzene rings is 2. The van der Waals surface area contributed by atoms with E-state index in [1.165, 1.54) is 37.3 Å². The highest BCUT2D eigenvalue weighted by Gasteiger charge is 2.19. The van der Waals surface area contributed by atoms with Crippen molar-refractivity contribution >= 4 is 33.3 Å². The molecule has 0 saturated heterocycles. The molecule has 0 atom stereocenters. The first-order chi connectivity index (χ1) is 11.8. The van der Waals surface area contributed by atoms with Gasteiger partial charge in [-0.3, -0.25) is 9.59 Å². The molecule has 0 unspecified atom stereocenters. The molecule has 2 aromatic carbocycles. The van der Waals surface area contributed by atoms with E-state index in [4.69, 9.17) is 4.18 Å². The Kier molecular flexibility index (Phi) is 4.45. The van der Waals surface area contributed by atoms with E-state index >= 15 is 0 Å². The maximum Gasteiger partial charge on any atom is 0.339 e. The zero-order chi connectivity index (χ0) is 18.0. The van der Waals surface area contributed by atoms with Crippen molar-refractivity contribution in [2.75, 3.05) is 10.6 Å². The third-order valence-corrected chi connectivity index (χ3v) is 4.90. The maximum atomic E-state index is 12.4. The molecule has 2 aromatic rings. The van der Waals surface area contributed by atoms with E-state index in [1.807, 2.05) is 0 Å². The van der Waals surface area contributed by atoms with Crippen molar-refractivity contribution in [3.8, 4) is 5.75 Å². The van der Waals surface area contributed by atoms with E-state index in [1.54, 1.807) is 12.1 Å². The van der Waals surface area contributed by atoms with Gasteiger partial charge in [-0.1, -0.05) is 0 Å². The number of aryl methyl sites for hydroxylation is 1. The molecule has 0 spiro atoms. The van der Waals surface area contributed by atoms with Crippen molar-refractivity contribution < 1.29 is 22.2 Å². The van der Waals surface area contributed by atoms with Gasteiger partial charge in [0.25, 0.3) is 0 Å². The standard InChI is InChI=1S/C17H16N2O5S/c1-11(20)18-13-3-6-15(7-4-13)25(22,23)24-14-5-8-16-12(10-14)2-9-17(21)19-16/h3-8,10H,2,9H2,1H3,(H,18,20)(H,19,21). The molecule has 1 aliphatic heterocycles. The number of hydrogen-bond acceptors (Lipinski definition) is 5. The normalized spacial score (nSPS) is 13.6. The largest absolute Gasteiger partial charge is 0.379 e. The van der Waals surface area contributed by atoms with E-state index in [9.17, 15) is 18.0 Å². The number of amides is 2. The van der Waals surface area contributed by atoms with Gasteiger partial charge in [0.2, 0.25) is 11.8 Å². The van der Waals surface area contributed by atoms with Crippen molar-refractivity contribution in [1.82, 2.24) is 0 Å². The second-order valence-electron chi connectivity index (χ2n) is 5.61. The molecule has 2 amide bonds. The van der Waals surface area contributed by atoms with Crippen LogP contribution in [0.4, 0.5) is 11.4 Å². The Morgan fingerprint density at radius 2 is 1.84 bits per heavy atom. The summed E-state index contributed by atoms with van der Waals surface area (Å²) in [6, 6.07) is 10.4. The van der Waals surface area contributed by atoms with Crippen molar-refractivity contribution in [2.24, 2.45) is 0 Å². The van der Waals surface area contributed by atoms with Gasteiger partial charge in [-0.15, -0.1) is 0 Å². The Balaban J connectivity index is 1.79. The number of rotatable bonds is 4. The van der Waals surface area contributed by atoms with Crippen molar-refractivity contribution in [3.63, 3.8) is 0 Å². The molecule has 2 N–H and O–H groups in total. The lowest BCUT2D eigenvalue weighted by molar-refractivity contribution is -0.116. The average Bonchev–Trinajstić information content (AvgIpc) is 2.54. The SMILES string of the molecule is CC(=O)Nc1ccc(S(=O)(=O)Oc2ccc3c(c2)CCC(=O)N3)cc1. The third kappa shape index (κ3) is 3.97. The van der Waals surface area contributed by atoms with E-state index < -0.39 is 10.1 Å². The quantitative estimate of drug-likeness (QED) is 0.815. The number of anilines is 2. The molecule has 0 aliphatic carbocycles. The van der Waals surface area contributed by atoms with Crippen LogP contribution in [0, 0.1) is 0 Å².